The number of aryl methyl sites for hydroxylation is 1. The molecule has 0 aliphatic carbocycles. The highest BCUT2D eigenvalue weighted by Gasteiger charge is 2.14. The third-order valence-electron chi connectivity index (χ3n) is 2.32. The number of rotatable bonds is 4. The van der Waals surface area contributed by atoms with Crippen molar-refractivity contribution in [2.75, 3.05) is 5.75 Å². The van der Waals surface area contributed by atoms with Gasteiger partial charge < -0.3 is 4.57 Å². The van der Waals surface area contributed by atoms with Crippen LogP contribution in [0.2, 0.25) is 0 Å². The first-order valence-corrected chi connectivity index (χ1v) is 5.55. The SMILES string of the molecule is Cc1cc(=O)n(CC(C)CS)cc1[N+](=O)[O-]. The molecule has 0 aromatic carbocycles. The van der Waals surface area contributed by atoms with E-state index in [0.717, 1.165) is 0 Å². The van der Waals surface area contributed by atoms with Crippen LogP contribution in [0.5, 0.6) is 0 Å². The maximum Gasteiger partial charge on any atom is 0.288 e. The van der Waals surface area contributed by atoms with E-state index in [4.69, 9.17) is 0 Å². The predicted octanol–water partition coefficient (Wildman–Crippen LogP) is 1.63. The minimum absolute atomic E-state index is 0.0223. The van der Waals surface area contributed by atoms with Gasteiger partial charge in [0.15, 0.2) is 0 Å². The summed E-state index contributed by atoms with van der Waals surface area (Å²) in [7, 11) is 0. The van der Waals surface area contributed by atoms with Crippen LogP contribution in [-0.4, -0.2) is 15.2 Å². The lowest BCUT2D eigenvalue weighted by Gasteiger charge is -2.10. The van der Waals surface area contributed by atoms with Gasteiger partial charge in [-0.25, -0.2) is 0 Å². The van der Waals surface area contributed by atoms with Gasteiger partial charge >= 0.3 is 0 Å². The Bertz CT molecular complexity index is 456. The fourth-order valence-electron chi connectivity index (χ4n) is 1.38. The molecule has 0 amide bonds. The van der Waals surface area contributed by atoms with Crippen LogP contribution in [0, 0.1) is 23.0 Å². The molecule has 1 aromatic heterocycles. The van der Waals surface area contributed by atoms with Crippen molar-refractivity contribution in [2.45, 2.75) is 20.4 Å². The first-order chi connectivity index (χ1) is 7.45. The normalized spacial score (nSPS) is 12.4. The molecule has 1 unspecified atom stereocenters. The molecule has 0 radical (unpaired) electrons. The van der Waals surface area contributed by atoms with Gasteiger partial charge in [0.25, 0.3) is 11.2 Å². The van der Waals surface area contributed by atoms with Crippen LogP contribution in [0.3, 0.4) is 0 Å². The number of hydrogen-bond donors (Lipinski definition) is 1. The molecule has 0 fully saturated rings. The summed E-state index contributed by atoms with van der Waals surface area (Å²) in [6.07, 6.45) is 1.30. The molecular formula is C10H14N2O3S. The molecule has 0 aliphatic heterocycles. The number of aromatic nitrogens is 1. The summed E-state index contributed by atoms with van der Waals surface area (Å²) in [4.78, 5) is 21.8. The summed E-state index contributed by atoms with van der Waals surface area (Å²) in [5, 5.41) is 10.7. The molecule has 0 spiro atoms. The molecule has 0 saturated carbocycles. The maximum atomic E-state index is 11.6. The summed E-state index contributed by atoms with van der Waals surface area (Å²) in [5.74, 6) is 0.831. The van der Waals surface area contributed by atoms with Gasteiger partial charge in [0.05, 0.1) is 11.1 Å². The number of thiol groups is 1. The minimum atomic E-state index is -0.476. The second-order valence-electron chi connectivity index (χ2n) is 3.88. The molecule has 16 heavy (non-hydrogen) atoms. The van der Waals surface area contributed by atoms with Crippen LogP contribution in [-0.2, 0) is 6.54 Å². The van der Waals surface area contributed by atoms with Crippen LogP contribution in [0.1, 0.15) is 12.5 Å². The van der Waals surface area contributed by atoms with Gasteiger partial charge in [-0.15, -0.1) is 0 Å². The molecule has 1 heterocycles. The zero-order valence-corrected chi connectivity index (χ0v) is 10.1. The molecule has 0 saturated heterocycles. The average molecular weight is 242 g/mol. The van der Waals surface area contributed by atoms with E-state index in [9.17, 15) is 14.9 Å². The third-order valence-corrected chi connectivity index (χ3v) is 2.95. The lowest BCUT2D eigenvalue weighted by atomic mass is 10.2. The van der Waals surface area contributed by atoms with Crippen molar-refractivity contribution < 1.29 is 4.92 Å². The van der Waals surface area contributed by atoms with Gasteiger partial charge in [0.1, 0.15) is 0 Å². The first kappa shape index (κ1) is 12.8. The van der Waals surface area contributed by atoms with Gasteiger partial charge in [-0.2, -0.15) is 12.6 Å². The molecule has 0 N–H and O–H groups in total. The van der Waals surface area contributed by atoms with Gasteiger partial charge in [-0.05, 0) is 18.6 Å². The molecule has 0 bridgehead atoms. The Kier molecular flexibility index (Phi) is 4.12. The minimum Gasteiger partial charge on any atom is -0.309 e. The van der Waals surface area contributed by atoms with Crippen molar-refractivity contribution in [3.63, 3.8) is 0 Å². The Balaban J connectivity index is 3.15. The van der Waals surface area contributed by atoms with Crippen LogP contribution < -0.4 is 5.56 Å². The molecular weight excluding hydrogens is 228 g/mol. The Hall–Kier alpha value is -1.30. The van der Waals surface area contributed by atoms with E-state index in [2.05, 4.69) is 12.6 Å². The lowest BCUT2D eigenvalue weighted by Crippen LogP contribution is -2.23. The molecule has 88 valence electrons. The van der Waals surface area contributed by atoms with Gasteiger partial charge in [0.2, 0.25) is 0 Å². The first-order valence-electron chi connectivity index (χ1n) is 4.92. The molecule has 1 rings (SSSR count). The van der Waals surface area contributed by atoms with Crippen LogP contribution in [0.15, 0.2) is 17.1 Å². The molecule has 1 aromatic rings. The largest absolute Gasteiger partial charge is 0.309 e. The van der Waals surface area contributed by atoms with E-state index >= 15 is 0 Å². The quantitative estimate of drug-likeness (QED) is 0.496. The average Bonchev–Trinajstić information content (AvgIpc) is 2.21. The Morgan fingerprint density at radius 2 is 2.25 bits per heavy atom. The van der Waals surface area contributed by atoms with Crippen LogP contribution >= 0.6 is 12.6 Å². The highest BCUT2D eigenvalue weighted by molar-refractivity contribution is 7.80. The van der Waals surface area contributed by atoms with Crippen molar-refractivity contribution in [2.24, 2.45) is 5.92 Å². The molecule has 1 atom stereocenters. The van der Waals surface area contributed by atoms with Crippen molar-refractivity contribution in [3.05, 3.63) is 38.3 Å². The summed E-state index contributed by atoms with van der Waals surface area (Å²) in [5.41, 5.74) is 0.160. The van der Waals surface area contributed by atoms with Crippen LogP contribution in [0.25, 0.3) is 0 Å². The van der Waals surface area contributed by atoms with Crippen molar-refractivity contribution in [3.8, 4) is 0 Å². The van der Waals surface area contributed by atoms with E-state index in [1.54, 1.807) is 6.92 Å². The summed E-state index contributed by atoms with van der Waals surface area (Å²) >= 11 is 4.12. The highest BCUT2D eigenvalue weighted by atomic mass is 32.1. The van der Waals surface area contributed by atoms with Crippen LogP contribution in [0.4, 0.5) is 5.69 Å². The van der Waals surface area contributed by atoms with Crippen molar-refractivity contribution in [1.29, 1.82) is 0 Å². The van der Waals surface area contributed by atoms with Crippen molar-refractivity contribution in [1.82, 2.24) is 4.57 Å². The summed E-state index contributed by atoms with van der Waals surface area (Å²) in [6, 6.07) is 1.30. The second kappa shape index (κ2) is 5.16. The zero-order valence-electron chi connectivity index (χ0n) is 9.21. The Morgan fingerprint density at radius 3 is 2.75 bits per heavy atom. The second-order valence-corrected chi connectivity index (χ2v) is 4.24. The number of hydrogen-bond acceptors (Lipinski definition) is 4. The standard InChI is InChI=1S/C10H14N2O3S/c1-7(6-16)4-11-5-9(12(14)15)8(2)3-10(11)13/h3,5,7,16H,4,6H2,1-2H3. The van der Waals surface area contributed by atoms with E-state index in [1.807, 2.05) is 6.92 Å². The Morgan fingerprint density at radius 1 is 1.62 bits per heavy atom. The predicted molar refractivity (Wildman–Crippen MR) is 65.1 cm³/mol. The highest BCUT2D eigenvalue weighted by Crippen LogP contribution is 2.14. The van der Waals surface area contributed by atoms with Gasteiger partial charge in [-0.1, -0.05) is 6.92 Å². The molecule has 5 nitrogen and oxygen atoms in total. The van der Waals surface area contributed by atoms with E-state index < -0.39 is 4.92 Å². The smallest absolute Gasteiger partial charge is 0.288 e. The fourth-order valence-corrected chi connectivity index (χ4v) is 1.50. The summed E-state index contributed by atoms with van der Waals surface area (Å²) < 4.78 is 1.37. The Labute approximate surface area is 98.7 Å². The summed E-state index contributed by atoms with van der Waals surface area (Å²) in [6.45, 7) is 3.94. The fraction of sp³-hybridized carbons (Fsp3) is 0.500. The number of pyridine rings is 1. The monoisotopic (exact) mass is 242 g/mol. The topological polar surface area (TPSA) is 65.1 Å². The van der Waals surface area contributed by atoms with E-state index in [0.29, 0.717) is 17.9 Å². The number of nitro groups is 1. The lowest BCUT2D eigenvalue weighted by molar-refractivity contribution is -0.385. The maximum absolute atomic E-state index is 11.6. The van der Waals surface area contributed by atoms with Gasteiger partial charge in [-0.3, -0.25) is 14.9 Å². The van der Waals surface area contributed by atoms with Crippen molar-refractivity contribution >= 4 is 18.3 Å². The zero-order chi connectivity index (χ0) is 12.3. The number of nitrogens with zero attached hydrogens (tertiary/aromatic N) is 2. The van der Waals surface area contributed by atoms with E-state index in [-0.39, 0.29) is 17.2 Å². The molecule has 0 aliphatic rings. The van der Waals surface area contributed by atoms with E-state index in [1.165, 1.54) is 16.8 Å². The third kappa shape index (κ3) is 2.85. The molecule has 6 heteroatoms. The van der Waals surface area contributed by atoms with Gasteiger partial charge in [0, 0.05) is 18.2 Å².